The van der Waals surface area contributed by atoms with Crippen molar-refractivity contribution in [2.24, 2.45) is 0 Å². The Labute approximate surface area is 188 Å². The van der Waals surface area contributed by atoms with Crippen LogP contribution in [0.4, 0.5) is 5.69 Å². The number of hydrogen-bond donors (Lipinski definition) is 0. The van der Waals surface area contributed by atoms with Crippen LogP contribution in [0.2, 0.25) is 0 Å². The summed E-state index contributed by atoms with van der Waals surface area (Å²) in [6.07, 6.45) is 0. The highest BCUT2D eigenvalue weighted by molar-refractivity contribution is 7.99. The van der Waals surface area contributed by atoms with Gasteiger partial charge in [0.25, 0.3) is 5.69 Å². The van der Waals surface area contributed by atoms with Gasteiger partial charge < -0.3 is 4.74 Å². The molecule has 1 heterocycles. The van der Waals surface area contributed by atoms with E-state index in [2.05, 4.69) is 5.10 Å². The first-order valence-corrected chi connectivity index (χ1v) is 10.6. The molecule has 0 bridgehead atoms. The lowest BCUT2D eigenvalue weighted by molar-refractivity contribution is -0.384. The van der Waals surface area contributed by atoms with Gasteiger partial charge in [0.1, 0.15) is 0 Å². The van der Waals surface area contributed by atoms with E-state index in [1.165, 1.54) is 36.0 Å². The van der Waals surface area contributed by atoms with Crippen molar-refractivity contribution >= 4 is 23.4 Å². The van der Waals surface area contributed by atoms with Gasteiger partial charge in [-0.2, -0.15) is 9.78 Å². The van der Waals surface area contributed by atoms with Crippen LogP contribution in [-0.4, -0.2) is 20.7 Å². The van der Waals surface area contributed by atoms with E-state index < -0.39 is 10.9 Å². The molecule has 0 saturated heterocycles. The third kappa shape index (κ3) is 4.55. The number of aromatic nitrogens is 2. The number of rotatable bonds is 6. The van der Waals surface area contributed by atoms with Crippen molar-refractivity contribution in [1.29, 1.82) is 0 Å². The number of carbonyl (C=O) groups excluding carboxylic acids is 1. The van der Waals surface area contributed by atoms with E-state index in [1.54, 1.807) is 4.68 Å². The lowest BCUT2D eigenvalue weighted by Crippen LogP contribution is -2.12. The number of nitro groups is 1. The third-order valence-corrected chi connectivity index (χ3v) is 5.87. The molecule has 0 aliphatic heterocycles. The summed E-state index contributed by atoms with van der Waals surface area (Å²) in [5, 5.41) is 15.7. The average molecular weight is 446 g/mol. The Bertz CT molecular complexity index is 1280. The van der Waals surface area contributed by atoms with Crippen LogP contribution in [0, 0.1) is 24.0 Å². The van der Waals surface area contributed by atoms with Crippen LogP contribution in [0.25, 0.3) is 5.69 Å². The molecule has 1 aromatic heterocycles. The molecule has 0 atom stereocenters. The first-order chi connectivity index (χ1) is 15.4. The van der Waals surface area contributed by atoms with E-state index in [4.69, 9.17) is 4.74 Å². The van der Waals surface area contributed by atoms with Crippen LogP contribution in [0.3, 0.4) is 0 Å². The third-order valence-electron chi connectivity index (χ3n) is 4.69. The zero-order valence-corrected chi connectivity index (χ0v) is 18.2. The van der Waals surface area contributed by atoms with Gasteiger partial charge in [-0.25, -0.2) is 4.79 Å². The fraction of sp³-hybridized carbons (Fsp3) is 0.0833. The minimum Gasteiger partial charge on any atom is -0.402 e. The fourth-order valence-corrected chi connectivity index (χ4v) is 3.97. The zero-order valence-electron chi connectivity index (χ0n) is 17.4. The summed E-state index contributed by atoms with van der Waals surface area (Å²) in [6, 6.07) is 22.8. The van der Waals surface area contributed by atoms with Crippen molar-refractivity contribution in [3.05, 3.63) is 106 Å². The van der Waals surface area contributed by atoms with Gasteiger partial charge >= 0.3 is 5.97 Å². The summed E-state index contributed by atoms with van der Waals surface area (Å²) in [5.41, 5.74) is 2.48. The predicted molar refractivity (Wildman–Crippen MR) is 122 cm³/mol. The number of esters is 1. The Kier molecular flexibility index (Phi) is 6.04. The molecule has 0 saturated carbocycles. The Hall–Kier alpha value is -3.91. The van der Waals surface area contributed by atoms with Crippen LogP contribution in [0.1, 0.15) is 21.6 Å². The number of para-hydroxylation sites is 1. The van der Waals surface area contributed by atoms with Crippen LogP contribution >= 0.6 is 11.8 Å². The van der Waals surface area contributed by atoms with Crippen molar-refractivity contribution in [3.8, 4) is 11.6 Å². The Morgan fingerprint density at radius 2 is 1.72 bits per heavy atom. The first kappa shape index (κ1) is 21.3. The molecule has 0 N–H and O–H groups in total. The highest BCUT2D eigenvalue weighted by Gasteiger charge is 2.23. The topological polar surface area (TPSA) is 87.3 Å². The number of hydrogen-bond acceptors (Lipinski definition) is 6. The van der Waals surface area contributed by atoms with E-state index in [0.29, 0.717) is 10.6 Å². The number of carbonyl (C=O) groups is 1. The second-order valence-corrected chi connectivity index (χ2v) is 8.16. The lowest BCUT2D eigenvalue weighted by atomic mass is 10.2. The molecule has 0 aliphatic carbocycles. The Balaban J connectivity index is 1.75. The lowest BCUT2D eigenvalue weighted by Gasteiger charge is -2.10. The Morgan fingerprint density at radius 3 is 2.41 bits per heavy atom. The van der Waals surface area contributed by atoms with Crippen molar-refractivity contribution in [3.63, 3.8) is 0 Å². The molecule has 8 heteroatoms. The van der Waals surface area contributed by atoms with E-state index in [9.17, 15) is 14.9 Å². The van der Waals surface area contributed by atoms with Crippen molar-refractivity contribution in [2.45, 2.75) is 23.6 Å². The molecular formula is C24H19N3O4S. The number of benzene rings is 3. The average Bonchev–Trinajstić information content (AvgIpc) is 3.11. The second kappa shape index (κ2) is 9.07. The minimum atomic E-state index is -0.698. The standard InChI is InChI=1S/C24H19N3O4S/c1-16-11-13-21(14-12-16)32-22-17(2)25-26(19-8-4-3-5-9-19)23(22)31-24(28)18-7-6-10-20(15-18)27(29)30/h3-15H,1-2H3. The summed E-state index contributed by atoms with van der Waals surface area (Å²) >= 11 is 1.44. The van der Waals surface area contributed by atoms with Crippen LogP contribution in [0.15, 0.2) is 88.7 Å². The van der Waals surface area contributed by atoms with Gasteiger partial charge in [-0.05, 0) is 44.2 Å². The number of aryl methyl sites for hydroxylation is 2. The summed E-state index contributed by atoms with van der Waals surface area (Å²) in [6.45, 7) is 3.86. The molecule has 0 radical (unpaired) electrons. The Morgan fingerprint density at radius 1 is 1.00 bits per heavy atom. The largest absolute Gasteiger partial charge is 0.402 e. The molecule has 0 unspecified atom stereocenters. The summed E-state index contributed by atoms with van der Waals surface area (Å²) < 4.78 is 7.36. The zero-order chi connectivity index (χ0) is 22.7. The van der Waals surface area contributed by atoms with Crippen molar-refractivity contribution in [2.75, 3.05) is 0 Å². The highest BCUT2D eigenvalue weighted by atomic mass is 32.2. The van der Waals surface area contributed by atoms with Crippen LogP contribution in [-0.2, 0) is 0 Å². The molecule has 0 aliphatic rings. The molecule has 3 aromatic carbocycles. The molecule has 7 nitrogen and oxygen atoms in total. The van der Waals surface area contributed by atoms with Gasteiger partial charge in [0, 0.05) is 17.0 Å². The number of nitro benzene ring substituents is 1. The normalized spacial score (nSPS) is 10.7. The maximum absolute atomic E-state index is 12.9. The maximum Gasteiger partial charge on any atom is 0.345 e. The fourth-order valence-electron chi connectivity index (χ4n) is 3.06. The van der Waals surface area contributed by atoms with Gasteiger partial charge in [0.05, 0.1) is 26.8 Å². The number of nitrogens with zero attached hydrogens (tertiary/aromatic N) is 3. The van der Waals surface area contributed by atoms with Crippen LogP contribution < -0.4 is 4.74 Å². The van der Waals surface area contributed by atoms with Gasteiger partial charge in [0.15, 0.2) is 0 Å². The van der Waals surface area contributed by atoms with Gasteiger partial charge in [-0.15, -0.1) is 0 Å². The number of ether oxygens (including phenoxy) is 1. The quantitative estimate of drug-likeness (QED) is 0.213. The smallest absolute Gasteiger partial charge is 0.345 e. The van der Waals surface area contributed by atoms with Gasteiger partial charge in [-0.3, -0.25) is 10.1 Å². The maximum atomic E-state index is 12.9. The van der Waals surface area contributed by atoms with E-state index >= 15 is 0 Å². The molecule has 0 fully saturated rings. The monoisotopic (exact) mass is 445 g/mol. The molecule has 0 amide bonds. The van der Waals surface area contributed by atoms with Crippen molar-refractivity contribution in [1.82, 2.24) is 9.78 Å². The minimum absolute atomic E-state index is 0.0870. The van der Waals surface area contributed by atoms with E-state index in [0.717, 1.165) is 16.1 Å². The van der Waals surface area contributed by atoms with E-state index in [1.807, 2.05) is 68.4 Å². The van der Waals surface area contributed by atoms with Gasteiger partial charge in [0.2, 0.25) is 5.88 Å². The molecular weight excluding hydrogens is 426 g/mol. The SMILES string of the molecule is Cc1ccc(Sc2c(C)nn(-c3ccccc3)c2OC(=O)c2cccc([N+](=O)[O-])c2)cc1. The van der Waals surface area contributed by atoms with Crippen molar-refractivity contribution < 1.29 is 14.5 Å². The molecule has 32 heavy (non-hydrogen) atoms. The predicted octanol–water partition coefficient (Wildman–Crippen LogP) is 5.77. The summed E-state index contributed by atoms with van der Waals surface area (Å²) in [4.78, 5) is 25.1. The molecule has 0 spiro atoms. The summed E-state index contributed by atoms with van der Waals surface area (Å²) in [7, 11) is 0. The molecule has 160 valence electrons. The first-order valence-electron chi connectivity index (χ1n) is 9.78. The molecule has 4 rings (SSSR count). The molecule has 4 aromatic rings. The highest BCUT2D eigenvalue weighted by Crippen LogP contribution is 2.39. The van der Waals surface area contributed by atoms with E-state index in [-0.39, 0.29) is 17.1 Å². The van der Waals surface area contributed by atoms with Crippen LogP contribution in [0.5, 0.6) is 5.88 Å². The second-order valence-electron chi connectivity index (χ2n) is 7.08. The number of non-ortho nitro benzene ring substituents is 1. The van der Waals surface area contributed by atoms with Gasteiger partial charge in [-0.1, -0.05) is 53.7 Å². The summed E-state index contributed by atoms with van der Waals surface area (Å²) in [5.74, 6) is -0.438.